The van der Waals surface area contributed by atoms with Gasteiger partial charge in [-0.05, 0) is 30.0 Å². The Bertz CT molecular complexity index is 930. The summed E-state index contributed by atoms with van der Waals surface area (Å²) in [4.78, 5) is 24.1. The van der Waals surface area contributed by atoms with Crippen LogP contribution in [0.15, 0.2) is 24.5 Å². The first-order chi connectivity index (χ1) is 15.0. The predicted molar refractivity (Wildman–Crippen MR) is 117 cm³/mol. The van der Waals surface area contributed by atoms with E-state index in [0.717, 1.165) is 43.1 Å². The van der Waals surface area contributed by atoms with Gasteiger partial charge in [-0.3, -0.25) is 15.0 Å². The SMILES string of the molecule is CC(C)CCNc1ncnc(N2CCN(Cc3ccc4c(c3)OCO4)CC2)c1[N+](=O)[O-]. The molecule has 0 radical (unpaired) electrons. The topological polar surface area (TPSA) is 106 Å². The second kappa shape index (κ2) is 9.34. The smallest absolute Gasteiger partial charge is 0.353 e. The first-order valence-electron chi connectivity index (χ1n) is 10.6. The third kappa shape index (κ3) is 4.96. The van der Waals surface area contributed by atoms with Crippen LogP contribution in [0.1, 0.15) is 25.8 Å². The first kappa shape index (κ1) is 21.1. The van der Waals surface area contributed by atoms with Crippen molar-refractivity contribution in [2.75, 3.05) is 49.7 Å². The summed E-state index contributed by atoms with van der Waals surface area (Å²) < 4.78 is 10.8. The average molecular weight is 428 g/mol. The minimum Gasteiger partial charge on any atom is -0.454 e. The van der Waals surface area contributed by atoms with Crippen molar-refractivity contribution >= 4 is 17.3 Å². The number of ether oxygens (including phenoxy) is 2. The summed E-state index contributed by atoms with van der Waals surface area (Å²) in [6, 6.07) is 6.00. The lowest BCUT2D eigenvalue weighted by Gasteiger charge is -2.35. The number of hydrogen-bond acceptors (Lipinski definition) is 9. The van der Waals surface area contributed by atoms with Gasteiger partial charge in [-0.25, -0.2) is 9.97 Å². The summed E-state index contributed by atoms with van der Waals surface area (Å²) in [7, 11) is 0. The third-order valence-electron chi connectivity index (χ3n) is 5.51. The van der Waals surface area contributed by atoms with Gasteiger partial charge in [0.1, 0.15) is 6.33 Å². The van der Waals surface area contributed by atoms with Gasteiger partial charge in [0.25, 0.3) is 0 Å². The fraction of sp³-hybridized carbons (Fsp3) is 0.524. The summed E-state index contributed by atoms with van der Waals surface area (Å²) in [5.41, 5.74) is 1.11. The molecule has 0 unspecified atom stereocenters. The minimum absolute atomic E-state index is 0.0459. The van der Waals surface area contributed by atoms with Crippen LogP contribution in [0.5, 0.6) is 11.5 Å². The second-order valence-corrected chi connectivity index (χ2v) is 8.21. The van der Waals surface area contributed by atoms with Crippen LogP contribution in [0.3, 0.4) is 0 Å². The maximum atomic E-state index is 11.8. The quantitative estimate of drug-likeness (QED) is 0.502. The van der Waals surface area contributed by atoms with Crippen molar-refractivity contribution in [2.45, 2.75) is 26.8 Å². The molecular weight excluding hydrogens is 400 g/mol. The Morgan fingerprint density at radius 3 is 2.68 bits per heavy atom. The number of hydrogen-bond donors (Lipinski definition) is 1. The summed E-state index contributed by atoms with van der Waals surface area (Å²) in [5, 5.41) is 14.9. The third-order valence-corrected chi connectivity index (χ3v) is 5.51. The zero-order valence-corrected chi connectivity index (χ0v) is 17.9. The monoisotopic (exact) mass is 428 g/mol. The zero-order chi connectivity index (χ0) is 21.8. The standard InChI is InChI=1S/C21H28N6O4/c1-15(2)5-6-22-20-19(27(28)29)21(24-13-23-20)26-9-7-25(8-10-26)12-16-3-4-17-18(11-16)31-14-30-17/h3-4,11,13,15H,5-10,12,14H2,1-2H3,(H,22,23,24). The van der Waals surface area contributed by atoms with E-state index in [1.165, 1.54) is 6.33 Å². The molecule has 0 atom stereocenters. The highest BCUT2D eigenvalue weighted by molar-refractivity contribution is 5.70. The van der Waals surface area contributed by atoms with Crippen molar-refractivity contribution in [2.24, 2.45) is 5.92 Å². The molecule has 4 rings (SSSR count). The molecule has 2 aromatic rings. The van der Waals surface area contributed by atoms with Crippen molar-refractivity contribution in [1.82, 2.24) is 14.9 Å². The first-order valence-corrected chi connectivity index (χ1v) is 10.6. The number of anilines is 2. The van der Waals surface area contributed by atoms with E-state index in [4.69, 9.17) is 9.47 Å². The van der Waals surface area contributed by atoms with E-state index in [1.54, 1.807) is 0 Å². The zero-order valence-electron chi connectivity index (χ0n) is 17.9. The van der Waals surface area contributed by atoms with E-state index < -0.39 is 0 Å². The molecular formula is C21H28N6O4. The van der Waals surface area contributed by atoms with Crippen LogP contribution in [-0.2, 0) is 6.54 Å². The molecule has 166 valence electrons. The lowest BCUT2D eigenvalue weighted by molar-refractivity contribution is -0.383. The lowest BCUT2D eigenvalue weighted by Crippen LogP contribution is -2.46. The number of aromatic nitrogens is 2. The molecule has 1 N–H and O–H groups in total. The van der Waals surface area contributed by atoms with Gasteiger partial charge in [-0.2, -0.15) is 0 Å². The molecule has 0 bridgehead atoms. The Morgan fingerprint density at radius 2 is 1.94 bits per heavy atom. The highest BCUT2D eigenvalue weighted by Gasteiger charge is 2.29. The normalized spacial score (nSPS) is 16.0. The van der Waals surface area contributed by atoms with Gasteiger partial charge in [0.05, 0.1) is 4.92 Å². The van der Waals surface area contributed by atoms with E-state index in [0.29, 0.717) is 37.2 Å². The van der Waals surface area contributed by atoms with E-state index in [1.807, 2.05) is 23.1 Å². The fourth-order valence-corrected chi connectivity index (χ4v) is 3.79. The Hall–Kier alpha value is -3.14. The molecule has 0 saturated carbocycles. The van der Waals surface area contributed by atoms with Crippen LogP contribution in [0.4, 0.5) is 17.3 Å². The number of rotatable bonds is 8. The Labute approximate surface area is 181 Å². The van der Waals surface area contributed by atoms with Crippen molar-refractivity contribution in [3.8, 4) is 11.5 Å². The van der Waals surface area contributed by atoms with Gasteiger partial charge < -0.3 is 19.7 Å². The van der Waals surface area contributed by atoms with Crippen molar-refractivity contribution < 1.29 is 14.4 Å². The molecule has 1 aromatic heterocycles. The highest BCUT2D eigenvalue weighted by atomic mass is 16.7. The second-order valence-electron chi connectivity index (χ2n) is 8.21. The van der Waals surface area contributed by atoms with Gasteiger partial charge in [-0.15, -0.1) is 0 Å². The number of nitro groups is 1. The molecule has 2 aliphatic rings. The maximum Gasteiger partial charge on any atom is 0.353 e. The van der Waals surface area contributed by atoms with Crippen LogP contribution < -0.4 is 19.7 Å². The maximum absolute atomic E-state index is 11.8. The van der Waals surface area contributed by atoms with Crippen LogP contribution in [0.2, 0.25) is 0 Å². The summed E-state index contributed by atoms with van der Waals surface area (Å²) in [6.07, 6.45) is 2.31. The van der Waals surface area contributed by atoms with Crippen LogP contribution >= 0.6 is 0 Å². The molecule has 31 heavy (non-hydrogen) atoms. The van der Waals surface area contributed by atoms with E-state index in [-0.39, 0.29) is 17.4 Å². The molecule has 10 heteroatoms. The highest BCUT2D eigenvalue weighted by Crippen LogP contribution is 2.34. The number of piperazine rings is 1. The number of fused-ring (bicyclic) bond motifs is 1. The number of nitrogens with zero attached hydrogens (tertiary/aromatic N) is 5. The Morgan fingerprint density at radius 1 is 1.16 bits per heavy atom. The molecule has 2 aliphatic heterocycles. The number of nitrogens with one attached hydrogen (secondary N) is 1. The van der Waals surface area contributed by atoms with Gasteiger partial charge in [0.15, 0.2) is 11.5 Å². The van der Waals surface area contributed by atoms with Gasteiger partial charge in [0, 0.05) is 39.3 Å². The molecule has 0 aliphatic carbocycles. The Kier molecular flexibility index (Phi) is 6.36. The molecule has 10 nitrogen and oxygen atoms in total. The molecule has 0 spiro atoms. The molecule has 1 fully saturated rings. The Balaban J connectivity index is 1.40. The summed E-state index contributed by atoms with van der Waals surface area (Å²) in [5.74, 6) is 2.74. The van der Waals surface area contributed by atoms with Crippen molar-refractivity contribution in [3.05, 3.63) is 40.2 Å². The average Bonchev–Trinajstić information content (AvgIpc) is 3.21. The predicted octanol–water partition coefficient (Wildman–Crippen LogP) is 2.89. The molecule has 3 heterocycles. The summed E-state index contributed by atoms with van der Waals surface area (Å²) in [6.45, 7) is 8.81. The molecule has 1 saturated heterocycles. The van der Waals surface area contributed by atoms with Gasteiger partial charge in [0.2, 0.25) is 18.4 Å². The lowest BCUT2D eigenvalue weighted by atomic mass is 10.1. The number of benzene rings is 1. The largest absolute Gasteiger partial charge is 0.454 e. The van der Waals surface area contributed by atoms with Crippen LogP contribution in [-0.4, -0.2) is 59.3 Å². The summed E-state index contributed by atoms with van der Waals surface area (Å²) >= 11 is 0. The van der Waals surface area contributed by atoms with E-state index in [9.17, 15) is 10.1 Å². The minimum atomic E-state index is -0.383. The van der Waals surface area contributed by atoms with Gasteiger partial charge >= 0.3 is 5.69 Å². The van der Waals surface area contributed by atoms with Crippen molar-refractivity contribution in [1.29, 1.82) is 0 Å². The van der Waals surface area contributed by atoms with E-state index >= 15 is 0 Å². The van der Waals surface area contributed by atoms with E-state index in [2.05, 4.69) is 34.0 Å². The van der Waals surface area contributed by atoms with Crippen molar-refractivity contribution in [3.63, 3.8) is 0 Å². The van der Waals surface area contributed by atoms with Crippen LogP contribution in [0, 0.1) is 16.0 Å². The fourth-order valence-electron chi connectivity index (χ4n) is 3.79. The van der Waals surface area contributed by atoms with Crippen LogP contribution in [0.25, 0.3) is 0 Å². The molecule has 0 amide bonds. The molecule has 1 aromatic carbocycles. The van der Waals surface area contributed by atoms with Gasteiger partial charge in [-0.1, -0.05) is 19.9 Å².